The van der Waals surface area contributed by atoms with Crippen molar-refractivity contribution >= 4 is 11.8 Å². The molecule has 0 aliphatic carbocycles. The smallest absolute Gasteiger partial charge is 0.416 e. The SMILES string of the molecule is O=C(c1cccc(C(F)(F)F)c1)N1CC[C@@H]2[C@H](CCCN2C(=O)Cc2ccc3c(c2)OCO3)C1. The van der Waals surface area contributed by atoms with E-state index in [1.54, 1.807) is 4.90 Å². The summed E-state index contributed by atoms with van der Waals surface area (Å²) in [5, 5.41) is 0. The van der Waals surface area contributed by atoms with Crippen molar-refractivity contribution in [1.29, 1.82) is 0 Å². The predicted octanol–water partition coefficient (Wildman–Crippen LogP) is 4.13. The topological polar surface area (TPSA) is 59.1 Å². The number of hydrogen-bond acceptors (Lipinski definition) is 4. The lowest BCUT2D eigenvalue weighted by molar-refractivity contribution is -0.138. The number of carbonyl (C=O) groups excluding carboxylic acids is 2. The second-order valence-electron chi connectivity index (χ2n) is 9.04. The molecule has 3 aliphatic heterocycles. The maximum Gasteiger partial charge on any atom is 0.416 e. The molecule has 2 atom stereocenters. The van der Waals surface area contributed by atoms with Crippen LogP contribution < -0.4 is 9.47 Å². The van der Waals surface area contributed by atoms with Crippen molar-refractivity contribution in [3.8, 4) is 11.5 Å². The third kappa shape index (κ3) is 4.43. The molecule has 9 heteroatoms. The minimum atomic E-state index is -4.49. The first-order chi connectivity index (χ1) is 16.3. The third-order valence-electron chi connectivity index (χ3n) is 6.90. The molecule has 2 aromatic carbocycles. The summed E-state index contributed by atoms with van der Waals surface area (Å²) in [5.41, 5.74) is 0.0690. The van der Waals surface area contributed by atoms with Gasteiger partial charge in [-0.15, -0.1) is 0 Å². The number of piperidine rings is 2. The summed E-state index contributed by atoms with van der Waals surface area (Å²) in [6, 6.07) is 10.1. The van der Waals surface area contributed by atoms with Gasteiger partial charge >= 0.3 is 6.18 Å². The lowest BCUT2D eigenvalue weighted by atomic mass is 9.83. The Bertz CT molecular complexity index is 1100. The highest BCUT2D eigenvalue weighted by atomic mass is 19.4. The summed E-state index contributed by atoms with van der Waals surface area (Å²) >= 11 is 0. The monoisotopic (exact) mass is 474 g/mol. The van der Waals surface area contributed by atoms with Crippen LogP contribution in [0.2, 0.25) is 0 Å². The second kappa shape index (κ2) is 8.85. The summed E-state index contributed by atoms with van der Waals surface area (Å²) in [6.45, 7) is 1.70. The number of hydrogen-bond donors (Lipinski definition) is 0. The Morgan fingerprint density at radius 2 is 1.82 bits per heavy atom. The fraction of sp³-hybridized carbons (Fsp3) is 0.440. The molecular weight excluding hydrogens is 449 g/mol. The van der Waals surface area contributed by atoms with E-state index < -0.39 is 17.6 Å². The largest absolute Gasteiger partial charge is 0.454 e. The van der Waals surface area contributed by atoms with Crippen molar-refractivity contribution < 1.29 is 32.2 Å². The normalized spacial score (nSPS) is 21.9. The van der Waals surface area contributed by atoms with Crippen molar-refractivity contribution in [2.45, 2.75) is 37.9 Å². The van der Waals surface area contributed by atoms with Gasteiger partial charge < -0.3 is 19.3 Å². The molecule has 180 valence electrons. The van der Waals surface area contributed by atoms with Crippen LogP contribution in [0.3, 0.4) is 0 Å². The van der Waals surface area contributed by atoms with Gasteiger partial charge in [-0.2, -0.15) is 13.2 Å². The van der Waals surface area contributed by atoms with E-state index >= 15 is 0 Å². The van der Waals surface area contributed by atoms with Gasteiger partial charge in [0, 0.05) is 31.2 Å². The van der Waals surface area contributed by atoms with Gasteiger partial charge in [0.15, 0.2) is 11.5 Å². The second-order valence-corrected chi connectivity index (χ2v) is 9.04. The average Bonchev–Trinajstić information content (AvgIpc) is 3.30. The van der Waals surface area contributed by atoms with Gasteiger partial charge in [-0.3, -0.25) is 9.59 Å². The highest BCUT2D eigenvalue weighted by Gasteiger charge is 2.39. The maximum absolute atomic E-state index is 13.2. The number of nitrogens with zero attached hydrogens (tertiary/aromatic N) is 2. The van der Waals surface area contributed by atoms with Crippen molar-refractivity contribution in [2.75, 3.05) is 26.4 Å². The van der Waals surface area contributed by atoms with Crippen LogP contribution in [0.5, 0.6) is 11.5 Å². The van der Waals surface area contributed by atoms with Gasteiger partial charge in [-0.1, -0.05) is 12.1 Å². The molecule has 0 saturated carbocycles. The van der Waals surface area contributed by atoms with Crippen LogP contribution in [-0.2, 0) is 17.4 Å². The number of benzene rings is 2. The number of likely N-dealkylation sites (tertiary alicyclic amines) is 2. The molecule has 5 rings (SSSR count). The fourth-order valence-electron chi connectivity index (χ4n) is 5.24. The predicted molar refractivity (Wildman–Crippen MR) is 116 cm³/mol. The van der Waals surface area contributed by atoms with Crippen molar-refractivity contribution in [2.24, 2.45) is 5.92 Å². The molecule has 3 aliphatic rings. The fourth-order valence-corrected chi connectivity index (χ4v) is 5.24. The highest BCUT2D eigenvalue weighted by Crippen LogP contribution is 2.35. The first-order valence-electron chi connectivity index (χ1n) is 11.4. The zero-order valence-electron chi connectivity index (χ0n) is 18.5. The van der Waals surface area contributed by atoms with E-state index in [2.05, 4.69) is 0 Å². The van der Waals surface area contributed by atoms with E-state index in [4.69, 9.17) is 9.47 Å². The Kier molecular flexibility index (Phi) is 5.87. The van der Waals surface area contributed by atoms with Gasteiger partial charge in [0.25, 0.3) is 5.91 Å². The van der Waals surface area contributed by atoms with Crippen LogP contribution in [0, 0.1) is 5.92 Å². The molecule has 0 unspecified atom stereocenters. The number of alkyl halides is 3. The summed E-state index contributed by atoms with van der Waals surface area (Å²) in [6.07, 6.45) is -1.91. The van der Waals surface area contributed by atoms with Crippen molar-refractivity contribution in [1.82, 2.24) is 9.80 Å². The molecule has 0 spiro atoms. The van der Waals surface area contributed by atoms with Gasteiger partial charge in [0.2, 0.25) is 12.7 Å². The summed E-state index contributed by atoms with van der Waals surface area (Å²) < 4.78 is 49.9. The molecule has 2 saturated heterocycles. The first kappa shape index (κ1) is 22.6. The molecule has 2 amide bonds. The molecule has 0 radical (unpaired) electrons. The number of carbonyl (C=O) groups is 2. The van der Waals surface area contributed by atoms with Crippen LogP contribution in [0.25, 0.3) is 0 Å². The van der Waals surface area contributed by atoms with E-state index in [1.165, 1.54) is 12.1 Å². The molecule has 0 N–H and O–H groups in total. The summed E-state index contributed by atoms with van der Waals surface area (Å²) in [7, 11) is 0. The van der Waals surface area contributed by atoms with Gasteiger partial charge in [0.1, 0.15) is 0 Å². The lowest BCUT2D eigenvalue weighted by Gasteiger charge is -2.47. The molecule has 6 nitrogen and oxygen atoms in total. The quantitative estimate of drug-likeness (QED) is 0.671. The Morgan fingerprint density at radius 3 is 2.65 bits per heavy atom. The Hall–Kier alpha value is -3.23. The average molecular weight is 474 g/mol. The lowest BCUT2D eigenvalue weighted by Crippen LogP contribution is -2.56. The Labute approximate surface area is 195 Å². The number of rotatable bonds is 3. The zero-order valence-corrected chi connectivity index (χ0v) is 18.5. The number of ether oxygens (including phenoxy) is 2. The minimum absolute atomic E-state index is 0.0285. The molecule has 0 bridgehead atoms. The third-order valence-corrected chi connectivity index (χ3v) is 6.90. The van der Waals surface area contributed by atoms with E-state index in [0.717, 1.165) is 30.5 Å². The van der Waals surface area contributed by atoms with E-state index in [0.29, 0.717) is 37.6 Å². The van der Waals surface area contributed by atoms with Gasteiger partial charge in [-0.25, -0.2) is 0 Å². The molecule has 2 aromatic rings. The van der Waals surface area contributed by atoms with E-state index in [1.807, 2.05) is 23.1 Å². The maximum atomic E-state index is 13.2. The summed E-state index contributed by atoms with van der Waals surface area (Å²) in [5.74, 6) is 1.06. The first-order valence-corrected chi connectivity index (χ1v) is 11.4. The Morgan fingerprint density at radius 1 is 1.00 bits per heavy atom. The molecule has 0 aromatic heterocycles. The van der Waals surface area contributed by atoms with Crippen LogP contribution in [0.15, 0.2) is 42.5 Å². The van der Waals surface area contributed by atoms with Gasteiger partial charge in [-0.05, 0) is 61.1 Å². The van der Waals surface area contributed by atoms with E-state index in [9.17, 15) is 22.8 Å². The molecular formula is C25H25F3N2O4. The Balaban J connectivity index is 1.25. The molecule has 34 heavy (non-hydrogen) atoms. The van der Waals surface area contributed by atoms with Crippen LogP contribution in [0.4, 0.5) is 13.2 Å². The minimum Gasteiger partial charge on any atom is -0.454 e. The summed E-state index contributed by atoms with van der Waals surface area (Å²) in [4.78, 5) is 29.7. The highest BCUT2D eigenvalue weighted by molar-refractivity contribution is 5.94. The van der Waals surface area contributed by atoms with Crippen molar-refractivity contribution in [3.63, 3.8) is 0 Å². The van der Waals surface area contributed by atoms with Crippen LogP contribution >= 0.6 is 0 Å². The standard InChI is InChI=1S/C25H25F3N2O4/c26-25(27,28)19-5-1-3-17(13-19)24(32)29-10-8-20-18(14-29)4-2-9-30(20)23(31)12-16-6-7-21-22(11-16)34-15-33-21/h1,3,5-7,11,13,18,20H,2,4,8-10,12,14-15H2/t18-,20-/m1/s1. The van der Waals surface area contributed by atoms with Crippen molar-refractivity contribution in [3.05, 3.63) is 59.2 Å². The number of halogens is 3. The van der Waals surface area contributed by atoms with Crippen LogP contribution in [-0.4, -0.2) is 54.1 Å². The van der Waals surface area contributed by atoms with Crippen LogP contribution in [0.1, 0.15) is 40.7 Å². The number of fused-ring (bicyclic) bond motifs is 2. The molecule has 2 fully saturated rings. The number of amides is 2. The zero-order chi connectivity index (χ0) is 23.9. The van der Waals surface area contributed by atoms with Gasteiger partial charge in [0.05, 0.1) is 12.0 Å². The molecule has 3 heterocycles. The van der Waals surface area contributed by atoms with E-state index in [-0.39, 0.29) is 36.6 Å².